The molecule has 13 heavy (non-hydrogen) atoms. The number of hydrogen-bond donors (Lipinski definition) is 1. The molecule has 1 aromatic rings. The van der Waals surface area contributed by atoms with Crippen molar-refractivity contribution in [1.82, 2.24) is 9.71 Å². The van der Waals surface area contributed by atoms with Gasteiger partial charge < -0.3 is 0 Å². The molecule has 1 aliphatic rings. The van der Waals surface area contributed by atoms with Crippen LogP contribution in [0.4, 0.5) is 0 Å². The number of aromatic nitrogens is 1. The first-order valence-electron chi connectivity index (χ1n) is 4.11. The van der Waals surface area contributed by atoms with Crippen molar-refractivity contribution in [3.63, 3.8) is 0 Å². The lowest BCUT2D eigenvalue weighted by molar-refractivity contribution is 0.580. The van der Waals surface area contributed by atoms with Crippen molar-refractivity contribution in [2.24, 2.45) is 0 Å². The van der Waals surface area contributed by atoms with E-state index < -0.39 is 10.0 Å². The third kappa shape index (κ3) is 2.05. The molecule has 0 radical (unpaired) electrons. The molecule has 1 aromatic heterocycles. The summed E-state index contributed by atoms with van der Waals surface area (Å²) in [5.74, 6) is 0. The molecule has 70 valence electrons. The van der Waals surface area contributed by atoms with Gasteiger partial charge in [0, 0.05) is 18.4 Å². The molecule has 0 aromatic carbocycles. The fraction of sp³-hybridized carbons (Fsp3) is 0.375. The van der Waals surface area contributed by atoms with E-state index in [-0.39, 0.29) is 10.9 Å². The van der Waals surface area contributed by atoms with Gasteiger partial charge in [0.2, 0.25) is 10.0 Å². The minimum Gasteiger partial charge on any atom is -0.263 e. The minimum atomic E-state index is -3.31. The Morgan fingerprint density at radius 1 is 1.46 bits per heavy atom. The monoisotopic (exact) mass is 198 g/mol. The number of sulfonamides is 1. The highest BCUT2D eigenvalue weighted by Gasteiger charge is 2.27. The van der Waals surface area contributed by atoms with Gasteiger partial charge in [0.05, 0.1) is 0 Å². The maximum atomic E-state index is 11.5. The van der Waals surface area contributed by atoms with Crippen molar-refractivity contribution < 1.29 is 8.42 Å². The Kier molecular flexibility index (Phi) is 2.05. The van der Waals surface area contributed by atoms with E-state index in [1.807, 2.05) is 0 Å². The van der Waals surface area contributed by atoms with Crippen LogP contribution in [0.3, 0.4) is 0 Å². The van der Waals surface area contributed by atoms with Crippen LogP contribution in [0, 0.1) is 0 Å². The molecule has 0 saturated heterocycles. The van der Waals surface area contributed by atoms with Gasteiger partial charge in [-0.25, -0.2) is 13.1 Å². The van der Waals surface area contributed by atoms with Gasteiger partial charge in [0.1, 0.15) is 4.90 Å². The van der Waals surface area contributed by atoms with E-state index in [4.69, 9.17) is 0 Å². The maximum Gasteiger partial charge on any atom is 0.242 e. The first-order chi connectivity index (χ1) is 6.18. The normalized spacial score (nSPS) is 17.2. The standard InChI is InChI=1S/C8H10N2O2S/c11-13(12,10-7-3-4-7)8-2-1-5-9-6-8/h1-2,5-7,10H,3-4H2. The second-order valence-electron chi connectivity index (χ2n) is 3.08. The van der Waals surface area contributed by atoms with Gasteiger partial charge in [-0.2, -0.15) is 0 Å². The zero-order chi connectivity index (χ0) is 9.31. The van der Waals surface area contributed by atoms with E-state index in [0.717, 1.165) is 12.8 Å². The second kappa shape index (κ2) is 3.08. The van der Waals surface area contributed by atoms with Crippen LogP contribution in [-0.4, -0.2) is 19.4 Å². The van der Waals surface area contributed by atoms with Gasteiger partial charge in [-0.1, -0.05) is 0 Å². The number of hydrogen-bond acceptors (Lipinski definition) is 3. The molecule has 0 amide bonds. The summed E-state index contributed by atoms with van der Waals surface area (Å²) >= 11 is 0. The van der Waals surface area contributed by atoms with Gasteiger partial charge in [-0.3, -0.25) is 4.98 Å². The maximum absolute atomic E-state index is 11.5. The lowest BCUT2D eigenvalue weighted by Crippen LogP contribution is -2.25. The van der Waals surface area contributed by atoms with Crippen molar-refractivity contribution in [3.05, 3.63) is 24.5 Å². The number of nitrogens with one attached hydrogen (secondary N) is 1. The number of nitrogens with zero attached hydrogens (tertiary/aromatic N) is 1. The molecule has 0 unspecified atom stereocenters. The van der Waals surface area contributed by atoms with Crippen LogP contribution in [0.1, 0.15) is 12.8 Å². The molecular formula is C8H10N2O2S. The van der Waals surface area contributed by atoms with Crippen LogP contribution in [0.15, 0.2) is 29.4 Å². The van der Waals surface area contributed by atoms with E-state index in [9.17, 15) is 8.42 Å². The minimum absolute atomic E-state index is 0.144. The van der Waals surface area contributed by atoms with Crippen LogP contribution in [0.5, 0.6) is 0 Å². The van der Waals surface area contributed by atoms with Crippen molar-refractivity contribution in [2.45, 2.75) is 23.8 Å². The van der Waals surface area contributed by atoms with E-state index >= 15 is 0 Å². The van der Waals surface area contributed by atoms with E-state index in [0.29, 0.717) is 0 Å². The first-order valence-corrected chi connectivity index (χ1v) is 5.59. The third-order valence-electron chi connectivity index (χ3n) is 1.84. The van der Waals surface area contributed by atoms with Crippen molar-refractivity contribution in [2.75, 3.05) is 0 Å². The zero-order valence-electron chi connectivity index (χ0n) is 6.97. The summed E-state index contributed by atoms with van der Waals surface area (Å²) in [6.45, 7) is 0. The number of pyridine rings is 1. The van der Waals surface area contributed by atoms with Crippen molar-refractivity contribution >= 4 is 10.0 Å². The smallest absolute Gasteiger partial charge is 0.242 e. The van der Waals surface area contributed by atoms with Crippen LogP contribution in [-0.2, 0) is 10.0 Å². The summed E-state index contributed by atoms with van der Waals surface area (Å²) in [6, 6.07) is 3.30. The summed E-state index contributed by atoms with van der Waals surface area (Å²) in [4.78, 5) is 4.00. The quantitative estimate of drug-likeness (QED) is 0.770. The highest BCUT2D eigenvalue weighted by molar-refractivity contribution is 7.89. The Bertz CT molecular complexity index is 384. The van der Waals surface area contributed by atoms with E-state index in [2.05, 4.69) is 9.71 Å². The predicted octanol–water partition coefficient (Wildman–Crippen LogP) is 0.522. The second-order valence-corrected chi connectivity index (χ2v) is 4.80. The summed E-state index contributed by atoms with van der Waals surface area (Å²) in [5, 5.41) is 0. The van der Waals surface area contributed by atoms with Crippen molar-refractivity contribution in [1.29, 1.82) is 0 Å². The summed E-state index contributed by atoms with van der Waals surface area (Å²) in [6.07, 6.45) is 4.79. The van der Waals surface area contributed by atoms with Gasteiger partial charge in [-0.05, 0) is 25.0 Å². The van der Waals surface area contributed by atoms with Gasteiger partial charge >= 0.3 is 0 Å². The molecule has 0 bridgehead atoms. The SMILES string of the molecule is O=S(=O)(NC1CC1)c1cccnc1. The van der Waals surface area contributed by atoms with E-state index in [1.165, 1.54) is 12.3 Å². The van der Waals surface area contributed by atoms with Crippen molar-refractivity contribution in [3.8, 4) is 0 Å². The van der Waals surface area contributed by atoms with Crippen LogP contribution in [0.2, 0.25) is 0 Å². The zero-order valence-corrected chi connectivity index (χ0v) is 7.79. The third-order valence-corrected chi connectivity index (χ3v) is 3.35. The van der Waals surface area contributed by atoms with Gasteiger partial charge in [0.25, 0.3) is 0 Å². The molecule has 2 rings (SSSR count). The topological polar surface area (TPSA) is 59.1 Å². The fourth-order valence-corrected chi connectivity index (χ4v) is 2.26. The van der Waals surface area contributed by atoms with E-state index in [1.54, 1.807) is 12.3 Å². The Morgan fingerprint density at radius 2 is 2.23 bits per heavy atom. The highest BCUT2D eigenvalue weighted by Crippen LogP contribution is 2.21. The van der Waals surface area contributed by atoms with Gasteiger partial charge in [-0.15, -0.1) is 0 Å². The molecular weight excluding hydrogens is 188 g/mol. The lowest BCUT2D eigenvalue weighted by Gasteiger charge is -2.03. The first kappa shape index (κ1) is 8.65. The lowest BCUT2D eigenvalue weighted by atomic mass is 10.5. The summed E-state index contributed by atoms with van der Waals surface area (Å²) < 4.78 is 25.6. The Hall–Kier alpha value is -0.940. The molecule has 4 nitrogen and oxygen atoms in total. The summed E-state index contributed by atoms with van der Waals surface area (Å²) in [7, 11) is -3.31. The summed E-state index contributed by atoms with van der Waals surface area (Å²) in [5.41, 5.74) is 0. The predicted molar refractivity (Wildman–Crippen MR) is 47.6 cm³/mol. The average Bonchev–Trinajstić information content (AvgIpc) is 2.89. The van der Waals surface area contributed by atoms with Crippen LogP contribution in [0.25, 0.3) is 0 Å². The number of rotatable bonds is 3. The average molecular weight is 198 g/mol. The molecule has 1 saturated carbocycles. The molecule has 1 heterocycles. The van der Waals surface area contributed by atoms with Crippen LogP contribution >= 0.6 is 0 Å². The Balaban J connectivity index is 2.23. The molecule has 1 aliphatic carbocycles. The molecule has 0 atom stereocenters. The van der Waals surface area contributed by atoms with Gasteiger partial charge in [0.15, 0.2) is 0 Å². The fourth-order valence-electron chi connectivity index (χ4n) is 0.995. The molecule has 5 heteroatoms. The Labute approximate surface area is 77.1 Å². The highest BCUT2D eigenvalue weighted by atomic mass is 32.2. The molecule has 1 N–H and O–H groups in total. The molecule has 0 aliphatic heterocycles. The Morgan fingerprint density at radius 3 is 2.77 bits per heavy atom. The van der Waals surface area contributed by atoms with Crippen LogP contribution < -0.4 is 4.72 Å². The molecule has 0 spiro atoms. The molecule has 1 fully saturated rings. The largest absolute Gasteiger partial charge is 0.263 e.